The van der Waals surface area contributed by atoms with Gasteiger partial charge in [-0.3, -0.25) is 9.47 Å². The highest BCUT2D eigenvalue weighted by Gasteiger charge is 2.33. The average molecular weight is 532 g/mol. The smallest absolute Gasteiger partial charge is 0.411 e. The number of rotatable bonds is 3. The van der Waals surface area contributed by atoms with Crippen LogP contribution in [0, 0.1) is 0 Å². The number of hydrogen-bond donors (Lipinski definition) is 0. The van der Waals surface area contributed by atoms with Gasteiger partial charge in [-0.25, -0.2) is 9.78 Å². The summed E-state index contributed by atoms with van der Waals surface area (Å²) in [7, 11) is 0. The van der Waals surface area contributed by atoms with Crippen molar-refractivity contribution in [3.8, 4) is 11.6 Å². The Morgan fingerprint density at radius 3 is 2.53 bits per heavy atom. The third kappa shape index (κ3) is 5.76. The number of carbonyl (C=O) groups is 1. The van der Waals surface area contributed by atoms with Crippen LogP contribution in [0.4, 0.5) is 4.79 Å². The van der Waals surface area contributed by atoms with Gasteiger partial charge < -0.3 is 9.47 Å². The Balaban J connectivity index is 0.00000304. The van der Waals surface area contributed by atoms with Crippen molar-refractivity contribution in [2.45, 2.75) is 77.2 Å². The molecule has 0 radical (unpaired) electrons. The van der Waals surface area contributed by atoms with Gasteiger partial charge in [0.25, 0.3) is 0 Å². The molecule has 192 valence electrons. The molecule has 36 heavy (non-hydrogen) atoms. The van der Waals surface area contributed by atoms with E-state index in [9.17, 15) is 4.79 Å². The molecular weight excluding hydrogens is 501 g/mol. The molecule has 3 heterocycles. The zero-order chi connectivity index (χ0) is 24.6. The Labute approximate surface area is 222 Å². The van der Waals surface area contributed by atoms with Gasteiger partial charge in [-0.05, 0) is 76.3 Å². The Morgan fingerprint density at radius 2 is 1.83 bits per heavy atom. The molecular formula is C26H31Cl2N5O3. The summed E-state index contributed by atoms with van der Waals surface area (Å²) in [5.74, 6) is 2.56. The summed E-state index contributed by atoms with van der Waals surface area (Å²) in [5.41, 5.74) is 1.31. The fourth-order valence-corrected chi connectivity index (χ4v) is 4.97. The summed E-state index contributed by atoms with van der Waals surface area (Å²) in [5, 5.41) is 9.75. The van der Waals surface area contributed by atoms with E-state index in [1.54, 1.807) is 11.1 Å². The second kappa shape index (κ2) is 10.6. The Morgan fingerprint density at radius 1 is 1.06 bits per heavy atom. The van der Waals surface area contributed by atoms with E-state index < -0.39 is 5.60 Å². The Kier molecular flexibility index (Phi) is 7.76. The molecule has 8 nitrogen and oxygen atoms in total. The van der Waals surface area contributed by atoms with Gasteiger partial charge in [-0.2, -0.15) is 0 Å². The van der Waals surface area contributed by atoms with Crippen LogP contribution in [-0.2, 0) is 17.8 Å². The number of aromatic nitrogens is 4. The van der Waals surface area contributed by atoms with Crippen molar-refractivity contribution in [1.82, 2.24) is 24.6 Å². The highest BCUT2D eigenvalue weighted by atomic mass is 35.5. The van der Waals surface area contributed by atoms with Crippen LogP contribution < -0.4 is 4.74 Å². The minimum atomic E-state index is -0.588. The zero-order valence-electron chi connectivity index (χ0n) is 20.7. The number of hydrogen-bond acceptors (Lipinski definition) is 6. The zero-order valence-corrected chi connectivity index (χ0v) is 22.3. The standard InChI is InChI=1S/C26H30ClN5O3.ClH/c1-26(2,3)35-25(33)31-15-18-14-19(27)9-12-21(18)32-22(16-31)29-30-24(32)17-7-10-20(11-8-17)34-23-6-4-5-13-28-23;/h4-6,9,12-14,17,20H,7-8,10-11,15-16H2,1-3H3;1H. The molecule has 1 aliphatic heterocycles. The number of nitrogens with zero attached hydrogens (tertiary/aromatic N) is 5. The van der Waals surface area contributed by atoms with Gasteiger partial charge in [0, 0.05) is 23.2 Å². The van der Waals surface area contributed by atoms with Crippen LogP contribution in [0.1, 0.15) is 69.6 Å². The maximum Gasteiger partial charge on any atom is 0.411 e. The third-order valence-corrected chi connectivity index (χ3v) is 6.58. The lowest BCUT2D eigenvalue weighted by atomic mass is 9.86. The SMILES string of the molecule is CC(C)(C)OC(=O)N1Cc2cc(Cl)ccc2-n2c(nnc2C2CCC(Oc3ccccn3)CC2)C1.Cl. The lowest BCUT2D eigenvalue weighted by molar-refractivity contribution is 0.0214. The van der Waals surface area contributed by atoms with Crippen molar-refractivity contribution in [2.75, 3.05) is 0 Å². The van der Waals surface area contributed by atoms with E-state index >= 15 is 0 Å². The molecule has 0 bridgehead atoms. The lowest BCUT2D eigenvalue weighted by Gasteiger charge is -2.28. The predicted octanol–water partition coefficient (Wildman–Crippen LogP) is 6.09. The molecule has 0 spiro atoms. The number of carbonyl (C=O) groups excluding carboxylic acids is 1. The number of amides is 1. The molecule has 0 saturated heterocycles. The minimum Gasteiger partial charge on any atom is -0.474 e. The van der Waals surface area contributed by atoms with E-state index in [2.05, 4.69) is 19.7 Å². The quantitative estimate of drug-likeness (QED) is 0.406. The number of benzene rings is 1. The summed E-state index contributed by atoms with van der Waals surface area (Å²) in [6.07, 6.45) is 5.22. The summed E-state index contributed by atoms with van der Waals surface area (Å²) in [4.78, 5) is 18.9. The van der Waals surface area contributed by atoms with Crippen LogP contribution in [0.5, 0.6) is 5.88 Å². The van der Waals surface area contributed by atoms with E-state index in [0.29, 0.717) is 24.0 Å². The van der Waals surface area contributed by atoms with E-state index in [1.165, 1.54) is 0 Å². The molecule has 1 amide bonds. The fourth-order valence-electron chi connectivity index (χ4n) is 4.77. The first-order valence-electron chi connectivity index (χ1n) is 12.1. The normalized spacial score (nSPS) is 19.4. The lowest BCUT2D eigenvalue weighted by Crippen LogP contribution is -2.35. The van der Waals surface area contributed by atoms with Gasteiger partial charge in [0.2, 0.25) is 5.88 Å². The first kappa shape index (κ1) is 26.2. The minimum absolute atomic E-state index is 0. The summed E-state index contributed by atoms with van der Waals surface area (Å²) in [6.45, 7) is 6.29. The van der Waals surface area contributed by atoms with Gasteiger partial charge >= 0.3 is 6.09 Å². The third-order valence-electron chi connectivity index (χ3n) is 6.35. The summed E-state index contributed by atoms with van der Waals surface area (Å²) >= 11 is 6.34. The molecule has 5 rings (SSSR count). The Hall–Kier alpha value is -2.84. The second-order valence-electron chi connectivity index (χ2n) is 10.2. The van der Waals surface area contributed by atoms with Gasteiger partial charge in [0.1, 0.15) is 17.5 Å². The first-order valence-corrected chi connectivity index (χ1v) is 12.4. The van der Waals surface area contributed by atoms with Crippen molar-refractivity contribution in [3.05, 3.63) is 64.8 Å². The van der Waals surface area contributed by atoms with Crippen LogP contribution in [0.25, 0.3) is 5.69 Å². The first-order chi connectivity index (χ1) is 16.8. The van der Waals surface area contributed by atoms with Crippen LogP contribution in [0.15, 0.2) is 42.6 Å². The molecule has 2 aromatic heterocycles. The highest BCUT2D eigenvalue weighted by molar-refractivity contribution is 6.30. The van der Waals surface area contributed by atoms with Crippen LogP contribution in [0.2, 0.25) is 5.02 Å². The average Bonchev–Trinajstić information content (AvgIpc) is 3.15. The van der Waals surface area contributed by atoms with Gasteiger partial charge in [-0.1, -0.05) is 17.7 Å². The van der Waals surface area contributed by atoms with Crippen molar-refractivity contribution in [1.29, 1.82) is 0 Å². The molecule has 0 atom stereocenters. The highest BCUT2D eigenvalue weighted by Crippen LogP contribution is 2.37. The Bertz CT molecular complexity index is 1200. The molecule has 0 unspecified atom stereocenters. The van der Waals surface area contributed by atoms with E-state index in [0.717, 1.165) is 48.6 Å². The van der Waals surface area contributed by atoms with Gasteiger partial charge in [-0.15, -0.1) is 22.6 Å². The van der Waals surface area contributed by atoms with E-state index in [-0.39, 0.29) is 30.5 Å². The molecule has 1 saturated carbocycles. The van der Waals surface area contributed by atoms with Crippen LogP contribution in [-0.4, -0.2) is 42.4 Å². The second-order valence-corrected chi connectivity index (χ2v) is 10.6. The molecule has 1 aliphatic carbocycles. The van der Waals surface area contributed by atoms with Gasteiger partial charge in [0.05, 0.1) is 18.8 Å². The van der Waals surface area contributed by atoms with E-state index in [1.807, 2.05) is 57.2 Å². The van der Waals surface area contributed by atoms with Crippen LogP contribution in [0.3, 0.4) is 0 Å². The van der Waals surface area contributed by atoms with Crippen LogP contribution >= 0.6 is 24.0 Å². The molecule has 3 aromatic rings. The predicted molar refractivity (Wildman–Crippen MR) is 139 cm³/mol. The van der Waals surface area contributed by atoms with Crippen molar-refractivity contribution in [3.63, 3.8) is 0 Å². The monoisotopic (exact) mass is 531 g/mol. The maximum atomic E-state index is 13.0. The summed E-state index contributed by atoms with van der Waals surface area (Å²) in [6, 6.07) is 11.5. The van der Waals surface area contributed by atoms with E-state index in [4.69, 9.17) is 21.1 Å². The van der Waals surface area contributed by atoms with Gasteiger partial charge in [0.15, 0.2) is 5.82 Å². The van der Waals surface area contributed by atoms with Crippen molar-refractivity contribution >= 4 is 30.1 Å². The largest absolute Gasteiger partial charge is 0.474 e. The molecule has 1 aromatic carbocycles. The number of fused-ring (bicyclic) bond motifs is 3. The fraction of sp³-hybridized carbons (Fsp3) is 0.462. The molecule has 1 fully saturated rings. The topological polar surface area (TPSA) is 82.4 Å². The number of pyridine rings is 1. The molecule has 2 aliphatic rings. The number of ether oxygens (including phenoxy) is 2. The summed E-state index contributed by atoms with van der Waals surface area (Å²) < 4.78 is 13.8. The van der Waals surface area contributed by atoms with Crippen molar-refractivity contribution in [2.24, 2.45) is 0 Å². The molecule has 10 heteroatoms. The van der Waals surface area contributed by atoms with Crippen molar-refractivity contribution < 1.29 is 14.3 Å². The number of halogens is 2. The molecule has 0 N–H and O–H groups in total. The maximum absolute atomic E-state index is 13.0.